The summed E-state index contributed by atoms with van der Waals surface area (Å²) in [4.78, 5) is 31.5. The second-order valence-electron chi connectivity index (χ2n) is 6.06. The predicted octanol–water partition coefficient (Wildman–Crippen LogP) is 3.40. The topological polar surface area (TPSA) is 81.3 Å². The minimum absolute atomic E-state index is 0.181. The summed E-state index contributed by atoms with van der Waals surface area (Å²) < 4.78 is 2.56. The Balaban J connectivity index is 1.58. The summed E-state index contributed by atoms with van der Waals surface area (Å²) in [6, 6.07) is 17.2. The Kier molecular flexibility index (Phi) is 5.68. The van der Waals surface area contributed by atoms with Gasteiger partial charge in [0.1, 0.15) is 11.6 Å². The van der Waals surface area contributed by atoms with Gasteiger partial charge in [0.15, 0.2) is 5.65 Å². The van der Waals surface area contributed by atoms with Gasteiger partial charge in [-0.25, -0.2) is 18.9 Å². The van der Waals surface area contributed by atoms with E-state index in [4.69, 9.17) is 0 Å². The molecule has 4 aromatic rings. The first-order valence-corrected chi connectivity index (χ1v) is 10.8. The molecule has 2 aromatic heterocycles. The quantitative estimate of drug-likeness (QED) is 0.479. The Morgan fingerprint density at radius 1 is 1.10 bits per heavy atom. The van der Waals surface area contributed by atoms with Crippen molar-refractivity contribution in [1.29, 1.82) is 0 Å². The van der Waals surface area contributed by atoms with Crippen LogP contribution in [0.1, 0.15) is 0 Å². The molecular formula is C20H17N5O2S2. The summed E-state index contributed by atoms with van der Waals surface area (Å²) in [6.07, 6.45) is 5.08. The van der Waals surface area contributed by atoms with Crippen LogP contribution in [0.2, 0.25) is 0 Å². The van der Waals surface area contributed by atoms with Crippen LogP contribution in [-0.4, -0.2) is 31.3 Å². The lowest BCUT2D eigenvalue weighted by Gasteiger charge is -2.06. The molecule has 0 fully saturated rings. The van der Waals surface area contributed by atoms with Gasteiger partial charge in [0.05, 0.1) is 0 Å². The fourth-order valence-electron chi connectivity index (χ4n) is 2.74. The first-order valence-electron chi connectivity index (χ1n) is 8.75. The molecule has 146 valence electrons. The van der Waals surface area contributed by atoms with Crippen molar-refractivity contribution >= 4 is 40.8 Å². The molecule has 7 nitrogen and oxygen atoms in total. The molecule has 9 heteroatoms. The van der Waals surface area contributed by atoms with Crippen molar-refractivity contribution < 1.29 is 4.79 Å². The van der Waals surface area contributed by atoms with Crippen molar-refractivity contribution in [3.63, 3.8) is 0 Å². The number of thioether (sulfide) groups is 1. The molecule has 1 N–H and O–H groups in total. The number of hydrogen-bond donors (Lipinski definition) is 1. The van der Waals surface area contributed by atoms with Crippen molar-refractivity contribution in [3.05, 3.63) is 77.5 Å². The fourth-order valence-corrected chi connectivity index (χ4v) is 4.06. The first-order chi connectivity index (χ1) is 14.1. The van der Waals surface area contributed by atoms with E-state index < -0.39 is 0 Å². The Morgan fingerprint density at radius 2 is 1.90 bits per heavy atom. The number of rotatable bonds is 6. The van der Waals surface area contributed by atoms with Crippen LogP contribution in [0.15, 0.2) is 86.6 Å². The predicted molar refractivity (Wildman–Crippen MR) is 115 cm³/mol. The highest BCUT2D eigenvalue weighted by atomic mass is 32.2. The summed E-state index contributed by atoms with van der Waals surface area (Å²) in [5, 5.41) is 7.75. The molecule has 1 amide bonds. The molecule has 2 heterocycles. The summed E-state index contributed by atoms with van der Waals surface area (Å²) in [5.74, 6) is -0.320. The summed E-state index contributed by atoms with van der Waals surface area (Å²) in [7, 11) is 0. The molecule has 2 aromatic carbocycles. The molecule has 0 aliphatic carbocycles. The molecule has 29 heavy (non-hydrogen) atoms. The zero-order chi connectivity index (χ0) is 20.2. The number of anilines is 1. The molecule has 4 rings (SSSR count). The first kappa shape index (κ1) is 19.3. The maximum Gasteiger partial charge on any atom is 0.350 e. The average molecular weight is 424 g/mol. The highest BCUT2D eigenvalue weighted by molar-refractivity contribution is 7.99. The molecule has 0 aliphatic heterocycles. The van der Waals surface area contributed by atoms with Gasteiger partial charge in [-0.3, -0.25) is 4.79 Å². The van der Waals surface area contributed by atoms with Crippen LogP contribution in [0, 0.1) is 0 Å². The monoisotopic (exact) mass is 423 g/mol. The smallest absolute Gasteiger partial charge is 0.324 e. The Morgan fingerprint density at radius 3 is 2.69 bits per heavy atom. The lowest BCUT2D eigenvalue weighted by atomic mass is 10.3. The molecule has 0 unspecified atom stereocenters. The van der Waals surface area contributed by atoms with E-state index in [1.54, 1.807) is 24.2 Å². The Hall–Kier alpha value is -3.04. The molecule has 0 aliphatic rings. The number of nitrogens with zero attached hydrogens (tertiary/aromatic N) is 4. The maximum absolute atomic E-state index is 12.7. The van der Waals surface area contributed by atoms with Crippen molar-refractivity contribution in [2.24, 2.45) is 0 Å². The van der Waals surface area contributed by atoms with Crippen molar-refractivity contribution in [1.82, 2.24) is 19.2 Å². The van der Waals surface area contributed by atoms with Gasteiger partial charge in [-0.1, -0.05) is 36.0 Å². The van der Waals surface area contributed by atoms with E-state index in [0.29, 0.717) is 16.4 Å². The zero-order valence-electron chi connectivity index (χ0n) is 15.5. The van der Waals surface area contributed by atoms with Crippen molar-refractivity contribution in [2.45, 2.75) is 21.4 Å². The van der Waals surface area contributed by atoms with Gasteiger partial charge in [0.25, 0.3) is 0 Å². The minimum atomic E-state index is -0.384. The van der Waals surface area contributed by atoms with Gasteiger partial charge in [0, 0.05) is 27.9 Å². The van der Waals surface area contributed by atoms with Gasteiger partial charge >= 0.3 is 5.69 Å². The number of benzene rings is 2. The Labute approximate surface area is 175 Å². The van der Waals surface area contributed by atoms with E-state index in [2.05, 4.69) is 15.4 Å². The molecule has 0 bridgehead atoms. The van der Waals surface area contributed by atoms with Crippen molar-refractivity contribution in [2.75, 3.05) is 11.6 Å². The lowest BCUT2D eigenvalue weighted by molar-refractivity contribution is -0.117. The number of carbonyl (C=O) groups is 1. The summed E-state index contributed by atoms with van der Waals surface area (Å²) >= 11 is 3.01. The molecule has 0 radical (unpaired) electrons. The van der Waals surface area contributed by atoms with Gasteiger partial charge in [-0.05, 0) is 36.6 Å². The number of nitrogens with one attached hydrogen (secondary N) is 1. The molecular weight excluding hydrogens is 406 g/mol. The zero-order valence-corrected chi connectivity index (χ0v) is 17.1. The Bertz CT molecular complexity index is 1220. The highest BCUT2D eigenvalue weighted by Gasteiger charge is 2.15. The van der Waals surface area contributed by atoms with Gasteiger partial charge in [-0.2, -0.15) is 0 Å². The second kappa shape index (κ2) is 8.54. The van der Waals surface area contributed by atoms with Crippen molar-refractivity contribution in [3.8, 4) is 0 Å². The normalized spacial score (nSPS) is 10.9. The average Bonchev–Trinajstić information content (AvgIpc) is 3.05. The fraction of sp³-hybridized carbons (Fsp3) is 0.100. The summed E-state index contributed by atoms with van der Waals surface area (Å²) in [6.45, 7) is -0.181. The SMILES string of the molecule is CSc1cccc(NC(=O)Cn2nc3c(Sc4ccccc4)nccn3c2=O)c1. The van der Waals surface area contributed by atoms with Gasteiger partial charge in [0.2, 0.25) is 5.91 Å². The van der Waals surface area contributed by atoms with Crippen LogP contribution >= 0.6 is 23.5 Å². The van der Waals surface area contributed by atoms with Crippen LogP contribution in [0.25, 0.3) is 5.65 Å². The second-order valence-corrected chi connectivity index (χ2v) is 8.00. The number of hydrogen-bond acceptors (Lipinski definition) is 6. The van der Waals surface area contributed by atoms with E-state index in [0.717, 1.165) is 14.5 Å². The molecule has 0 saturated heterocycles. The third-order valence-electron chi connectivity index (χ3n) is 4.07. The van der Waals surface area contributed by atoms with E-state index in [1.807, 2.05) is 60.9 Å². The summed E-state index contributed by atoms with van der Waals surface area (Å²) in [5.41, 5.74) is 0.717. The van der Waals surface area contributed by atoms with E-state index in [1.165, 1.54) is 16.2 Å². The largest absolute Gasteiger partial charge is 0.350 e. The van der Waals surface area contributed by atoms with Crippen LogP contribution in [0.5, 0.6) is 0 Å². The highest BCUT2D eigenvalue weighted by Crippen LogP contribution is 2.27. The van der Waals surface area contributed by atoms with Gasteiger partial charge in [-0.15, -0.1) is 16.9 Å². The number of amides is 1. The third kappa shape index (κ3) is 4.36. The number of fused-ring (bicyclic) bond motifs is 1. The minimum Gasteiger partial charge on any atom is -0.324 e. The van der Waals surface area contributed by atoms with Crippen LogP contribution in [0.4, 0.5) is 5.69 Å². The molecule has 0 atom stereocenters. The number of carbonyl (C=O) groups excluding carboxylic acids is 1. The standard InChI is InChI=1S/C20H17N5O2S2/c1-28-16-9-5-6-14(12-16)22-17(26)13-25-20(27)24-11-10-21-19(18(24)23-25)29-15-7-3-2-4-8-15/h2-12H,13H2,1H3,(H,22,26). The van der Waals surface area contributed by atoms with E-state index in [-0.39, 0.29) is 18.1 Å². The third-order valence-corrected chi connectivity index (χ3v) is 5.79. The van der Waals surface area contributed by atoms with Gasteiger partial charge < -0.3 is 5.32 Å². The maximum atomic E-state index is 12.7. The van der Waals surface area contributed by atoms with Crippen LogP contribution in [0.3, 0.4) is 0 Å². The lowest BCUT2D eigenvalue weighted by Crippen LogP contribution is -2.28. The molecule has 0 saturated carbocycles. The van der Waals surface area contributed by atoms with E-state index >= 15 is 0 Å². The van der Waals surface area contributed by atoms with Crippen LogP contribution < -0.4 is 11.0 Å². The van der Waals surface area contributed by atoms with Crippen LogP contribution in [-0.2, 0) is 11.3 Å². The molecule has 0 spiro atoms. The van der Waals surface area contributed by atoms with E-state index in [9.17, 15) is 9.59 Å². The number of aromatic nitrogens is 4.